The van der Waals surface area contributed by atoms with Crippen molar-refractivity contribution in [3.63, 3.8) is 0 Å². The van der Waals surface area contributed by atoms with Gasteiger partial charge in [-0.2, -0.15) is 0 Å². The van der Waals surface area contributed by atoms with E-state index < -0.39 is 0 Å². The average Bonchev–Trinajstić information content (AvgIpc) is 2.17. The van der Waals surface area contributed by atoms with E-state index in [1.807, 2.05) is 6.92 Å². The van der Waals surface area contributed by atoms with Crippen LogP contribution in [0.1, 0.15) is 26.7 Å². The minimum absolute atomic E-state index is 0.0736. The van der Waals surface area contributed by atoms with E-state index >= 15 is 0 Å². The number of esters is 1. The van der Waals surface area contributed by atoms with Crippen molar-refractivity contribution in [2.75, 3.05) is 12.4 Å². The van der Waals surface area contributed by atoms with Gasteiger partial charge in [0.05, 0.1) is 6.61 Å². The topological polar surface area (TPSA) is 43.4 Å². The van der Waals surface area contributed by atoms with Crippen LogP contribution in [0, 0.1) is 0 Å². The summed E-state index contributed by atoms with van der Waals surface area (Å²) in [6.07, 6.45) is 1.76. The number of carbonyl (C=O) groups excluding carboxylic acids is 2. The van der Waals surface area contributed by atoms with Crippen molar-refractivity contribution >= 4 is 34.6 Å². The highest BCUT2D eigenvalue weighted by atomic mass is 32.2. The highest BCUT2D eigenvalue weighted by Crippen LogP contribution is 2.33. The molecule has 1 aliphatic rings. The molecule has 1 aliphatic heterocycles. The van der Waals surface area contributed by atoms with Gasteiger partial charge in [0.1, 0.15) is 5.25 Å². The Morgan fingerprint density at radius 1 is 1.53 bits per heavy atom. The van der Waals surface area contributed by atoms with Crippen molar-refractivity contribution in [3.8, 4) is 0 Å². The predicted octanol–water partition coefficient (Wildman–Crippen LogP) is 2.09. The maximum atomic E-state index is 11.5. The van der Waals surface area contributed by atoms with Crippen molar-refractivity contribution in [2.45, 2.75) is 37.2 Å². The molecule has 86 valence electrons. The zero-order valence-corrected chi connectivity index (χ0v) is 10.7. The molecular weight excluding hydrogens is 232 g/mol. The largest absolute Gasteiger partial charge is 0.465 e. The average molecular weight is 248 g/mol. The van der Waals surface area contributed by atoms with Gasteiger partial charge in [0.25, 0.3) is 0 Å². The standard InChI is InChI=1S/C10H16O3S2/c1-3-13-10(12)9-6-8(4-5-14-9)15-7(2)11/h8-9H,3-6H2,1-2H3. The lowest BCUT2D eigenvalue weighted by molar-refractivity contribution is -0.142. The molecule has 0 aromatic heterocycles. The Balaban J connectivity index is 2.41. The van der Waals surface area contributed by atoms with Gasteiger partial charge in [-0.25, -0.2) is 0 Å². The van der Waals surface area contributed by atoms with Crippen molar-refractivity contribution in [3.05, 3.63) is 0 Å². The molecule has 1 fully saturated rings. The quantitative estimate of drug-likeness (QED) is 0.716. The summed E-state index contributed by atoms with van der Waals surface area (Å²) >= 11 is 3.00. The second kappa shape index (κ2) is 6.43. The minimum atomic E-state index is -0.128. The molecule has 1 heterocycles. The SMILES string of the molecule is CCOC(=O)C1CC(SC(C)=O)CCS1. The summed E-state index contributed by atoms with van der Waals surface area (Å²) < 4.78 is 4.98. The van der Waals surface area contributed by atoms with Gasteiger partial charge in [0.15, 0.2) is 5.12 Å². The zero-order valence-electron chi connectivity index (χ0n) is 9.02. The Kier molecular flexibility index (Phi) is 5.53. The molecule has 0 radical (unpaired) electrons. The number of hydrogen-bond donors (Lipinski definition) is 0. The van der Waals surface area contributed by atoms with E-state index in [4.69, 9.17) is 4.74 Å². The summed E-state index contributed by atoms with van der Waals surface area (Å²) in [6, 6.07) is 0. The normalized spacial score (nSPS) is 26.0. The van der Waals surface area contributed by atoms with Crippen LogP contribution in [0.3, 0.4) is 0 Å². The molecule has 0 amide bonds. The van der Waals surface area contributed by atoms with Crippen LogP contribution in [0.5, 0.6) is 0 Å². The molecule has 15 heavy (non-hydrogen) atoms. The molecule has 2 unspecified atom stereocenters. The van der Waals surface area contributed by atoms with Gasteiger partial charge in [-0.05, 0) is 25.5 Å². The first-order chi connectivity index (χ1) is 7.13. The van der Waals surface area contributed by atoms with Gasteiger partial charge >= 0.3 is 5.97 Å². The second-order valence-corrected chi connectivity index (χ2v) is 6.16. The van der Waals surface area contributed by atoms with Crippen LogP contribution >= 0.6 is 23.5 Å². The van der Waals surface area contributed by atoms with E-state index in [0.29, 0.717) is 6.61 Å². The summed E-state index contributed by atoms with van der Waals surface area (Å²) in [7, 11) is 0. The van der Waals surface area contributed by atoms with Gasteiger partial charge in [0, 0.05) is 12.2 Å². The van der Waals surface area contributed by atoms with Crippen LogP contribution in [0.2, 0.25) is 0 Å². The lowest BCUT2D eigenvalue weighted by Crippen LogP contribution is -2.29. The van der Waals surface area contributed by atoms with Crippen LogP contribution in [0.4, 0.5) is 0 Å². The van der Waals surface area contributed by atoms with Gasteiger partial charge in [0.2, 0.25) is 0 Å². The highest BCUT2D eigenvalue weighted by molar-refractivity contribution is 8.14. The molecule has 0 N–H and O–H groups in total. The lowest BCUT2D eigenvalue weighted by atomic mass is 10.2. The first-order valence-corrected chi connectivity index (χ1v) is 7.01. The third kappa shape index (κ3) is 4.47. The van der Waals surface area contributed by atoms with E-state index in [0.717, 1.165) is 18.6 Å². The predicted molar refractivity (Wildman–Crippen MR) is 64.2 cm³/mol. The van der Waals surface area contributed by atoms with Crippen LogP contribution < -0.4 is 0 Å². The first kappa shape index (κ1) is 12.9. The van der Waals surface area contributed by atoms with E-state index in [1.165, 1.54) is 11.8 Å². The molecule has 0 spiro atoms. The number of hydrogen-bond acceptors (Lipinski definition) is 5. The fraction of sp³-hybridized carbons (Fsp3) is 0.800. The van der Waals surface area contributed by atoms with E-state index in [9.17, 15) is 9.59 Å². The van der Waals surface area contributed by atoms with E-state index in [2.05, 4.69) is 0 Å². The monoisotopic (exact) mass is 248 g/mol. The molecule has 0 aromatic carbocycles. The van der Waals surface area contributed by atoms with Crippen LogP contribution in [0.15, 0.2) is 0 Å². The van der Waals surface area contributed by atoms with Crippen LogP contribution in [0.25, 0.3) is 0 Å². The van der Waals surface area contributed by atoms with Gasteiger partial charge in [-0.3, -0.25) is 9.59 Å². The Labute approximate surface area is 98.7 Å². The summed E-state index contributed by atoms with van der Waals surface area (Å²) in [4.78, 5) is 22.4. The zero-order chi connectivity index (χ0) is 11.3. The fourth-order valence-electron chi connectivity index (χ4n) is 1.51. The second-order valence-electron chi connectivity index (χ2n) is 3.37. The molecule has 0 aromatic rings. The Morgan fingerprint density at radius 3 is 2.87 bits per heavy atom. The number of thioether (sulfide) groups is 2. The molecule has 0 bridgehead atoms. The lowest BCUT2D eigenvalue weighted by Gasteiger charge is -2.25. The molecule has 1 rings (SSSR count). The third-order valence-electron chi connectivity index (χ3n) is 2.12. The molecular formula is C10H16O3S2. The van der Waals surface area contributed by atoms with E-state index in [-0.39, 0.29) is 21.6 Å². The Morgan fingerprint density at radius 2 is 2.27 bits per heavy atom. The van der Waals surface area contributed by atoms with Crippen molar-refractivity contribution in [1.82, 2.24) is 0 Å². The molecule has 5 heteroatoms. The molecule has 1 saturated heterocycles. The Hall–Kier alpha value is -0.160. The van der Waals surface area contributed by atoms with Crippen molar-refractivity contribution < 1.29 is 14.3 Å². The number of ether oxygens (including phenoxy) is 1. The summed E-state index contributed by atoms with van der Waals surface area (Å²) in [5.74, 6) is 0.811. The maximum absolute atomic E-state index is 11.5. The molecule has 0 aliphatic carbocycles. The fourth-order valence-corrected chi connectivity index (χ4v) is 4.05. The summed E-state index contributed by atoms with van der Waals surface area (Å²) in [6.45, 7) is 3.82. The van der Waals surface area contributed by atoms with E-state index in [1.54, 1.807) is 18.7 Å². The maximum Gasteiger partial charge on any atom is 0.319 e. The van der Waals surface area contributed by atoms with Crippen LogP contribution in [-0.4, -0.2) is 33.9 Å². The highest BCUT2D eigenvalue weighted by Gasteiger charge is 2.29. The van der Waals surface area contributed by atoms with Gasteiger partial charge in [-0.1, -0.05) is 11.8 Å². The smallest absolute Gasteiger partial charge is 0.319 e. The molecule has 0 saturated carbocycles. The van der Waals surface area contributed by atoms with Crippen LogP contribution in [-0.2, 0) is 14.3 Å². The summed E-state index contributed by atoms with van der Waals surface area (Å²) in [5.41, 5.74) is 0. The van der Waals surface area contributed by atoms with Crippen molar-refractivity contribution in [2.24, 2.45) is 0 Å². The number of carbonyl (C=O) groups is 2. The third-order valence-corrected chi connectivity index (χ3v) is 4.47. The van der Waals surface area contributed by atoms with Crippen molar-refractivity contribution in [1.29, 1.82) is 0 Å². The molecule has 2 atom stereocenters. The van der Waals surface area contributed by atoms with Gasteiger partial charge in [-0.15, -0.1) is 11.8 Å². The molecule has 3 nitrogen and oxygen atoms in total. The summed E-state index contributed by atoms with van der Waals surface area (Å²) in [5, 5.41) is 0.350. The first-order valence-electron chi connectivity index (χ1n) is 5.09. The number of rotatable bonds is 3. The van der Waals surface area contributed by atoms with Gasteiger partial charge < -0.3 is 4.74 Å². The Bertz CT molecular complexity index is 243. The minimum Gasteiger partial charge on any atom is -0.465 e.